The number of nitrogens with zero attached hydrogens (tertiary/aromatic N) is 1. The molecule has 0 heterocycles. The number of aliphatic imine (C=N–C) groups is 1. The molecule has 0 fully saturated rings. The van der Waals surface area contributed by atoms with E-state index in [0.717, 1.165) is 16.8 Å². The van der Waals surface area contributed by atoms with Gasteiger partial charge in [0.1, 0.15) is 0 Å². The van der Waals surface area contributed by atoms with E-state index in [1.54, 1.807) is 6.92 Å². The van der Waals surface area contributed by atoms with Crippen LogP contribution in [0.15, 0.2) is 23.2 Å². The summed E-state index contributed by atoms with van der Waals surface area (Å²) in [7, 11) is -3.17. The molecule has 21 heavy (non-hydrogen) atoms. The number of guanidine groups is 1. The number of hydrogen-bond donors (Lipinski definition) is 3. The Morgan fingerprint density at radius 2 is 1.81 bits per heavy atom. The molecule has 0 bridgehead atoms. The van der Waals surface area contributed by atoms with E-state index in [2.05, 4.69) is 21.1 Å². The first-order valence-corrected chi connectivity index (χ1v) is 8.10. The second-order valence-electron chi connectivity index (χ2n) is 4.57. The summed E-state index contributed by atoms with van der Waals surface area (Å²) < 4.78 is 24.8. The number of anilines is 1. The third-order valence-electron chi connectivity index (χ3n) is 2.59. The standard InChI is InChI=1S/C13H22N4O2S.HI/c1-4-20(18,19)16-6-5-15-13(14)17-12-8-10(2)7-11(3)9-12;/h7-9,16H,4-6H2,1-3H3,(H3,14,15,17);1H. The number of nitrogens with one attached hydrogen (secondary N) is 2. The Kier molecular flexibility index (Phi) is 8.83. The van der Waals surface area contributed by atoms with Crippen molar-refractivity contribution in [1.82, 2.24) is 4.72 Å². The monoisotopic (exact) mass is 426 g/mol. The van der Waals surface area contributed by atoms with Gasteiger partial charge in [-0.15, -0.1) is 24.0 Å². The Hall–Kier alpha value is -0.870. The number of rotatable bonds is 6. The van der Waals surface area contributed by atoms with Crippen molar-refractivity contribution < 1.29 is 8.42 Å². The van der Waals surface area contributed by atoms with Gasteiger partial charge in [-0.3, -0.25) is 4.99 Å². The molecule has 6 nitrogen and oxygen atoms in total. The average molecular weight is 426 g/mol. The second kappa shape index (κ2) is 9.21. The topological polar surface area (TPSA) is 96.6 Å². The molecule has 1 aromatic rings. The van der Waals surface area contributed by atoms with Crippen molar-refractivity contribution >= 4 is 45.6 Å². The summed E-state index contributed by atoms with van der Waals surface area (Å²) in [5.74, 6) is 0.332. The molecule has 0 aliphatic carbocycles. The minimum Gasteiger partial charge on any atom is -0.370 e. The van der Waals surface area contributed by atoms with Gasteiger partial charge in [-0.05, 0) is 44.0 Å². The minimum atomic E-state index is -3.17. The van der Waals surface area contributed by atoms with Crippen LogP contribution in [0.5, 0.6) is 0 Å². The maximum atomic E-state index is 11.2. The minimum absolute atomic E-state index is 0. The highest BCUT2D eigenvalue weighted by Gasteiger charge is 2.04. The molecule has 0 aromatic heterocycles. The molecule has 0 unspecified atom stereocenters. The van der Waals surface area contributed by atoms with Crippen molar-refractivity contribution in [3.8, 4) is 0 Å². The first-order valence-electron chi connectivity index (χ1n) is 6.45. The third-order valence-corrected chi connectivity index (χ3v) is 3.99. The fraction of sp³-hybridized carbons (Fsp3) is 0.462. The first-order chi connectivity index (χ1) is 9.32. The normalized spacial score (nSPS) is 11.9. The number of halogens is 1. The Bertz CT molecular complexity index is 568. The van der Waals surface area contributed by atoms with E-state index in [9.17, 15) is 8.42 Å². The van der Waals surface area contributed by atoms with Gasteiger partial charge >= 0.3 is 0 Å². The Labute approximate surface area is 143 Å². The molecular formula is C13H23IN4O2S. The smallest absolute Gasteiger partial charge is 0.211 e. The van der Waals surface area contributed by atoms with E-state index in [-0.39, 0.29) is 42.2 Å². The van der Waals surface area contributed by atoms with E-state index in [4.69, 9.17) is 5.73 Å². The Morgan fingerprint density at radius 3 is 2.33 bits per heavy atom. The molecule has 0 amide bonds. The van der Waals surface area contributed by atoms with Crippen LogP contribution >= 0.6 is 24.0 Å². The van der Waals surface area contributed by atoms with Crippen LogP contribution in [-0.4, -0.2) is 33.2 Å². The van der Waals surface area contributed by atoms with E-state index in [1.807, 2.05) is 26.0 Å². The molecule has 0 radical (unpaired) electrons. The lowest BCUT2D eigenvalue weighted by Crippen LogP contribution is -2.29. The molecule has 1 aromatic carbocycles. The summed E-state index contributed by atoms with van der Waals surface area (Å²) >= 11 is 0. The maximum absolute atomic E-state index is 11.2. The van der Waals surface area contributed by atoms with Gasteiger partial charge in [0.05, 0.1) is 12.3 Å². The van der Waals surface area contributed by atoms with Gasteiger partial charge < -0.3 is 11.1 Å². The average Bonchev–Trinajstić information content (AvgIpc) is 2.33. The summed E-state index contributed by atoms with van der Waals surface area (Å²) in [6, 6.07) is 6.00. The first kappa shape index (κ1) is 20.1. The van der Waals surface area contributed by atoms with Crippen molar-refractivity contribution in [3.05, 3.63) is 29.3 Å². The SMILES string of the molecule is CCS(=O)(=O)NCCN=C(N)Nc1cc(C)cc(C)c1.I. The van der Waals surface area contributed by atoms with Crippen molar-refractivity contribution in [1.29, 1.82) is 0 Å². The van der Waals surface area contributed by atoms with Gasteiger partial charge in [-0.25, -0.2) is 13.1 Å². The summed E-state index contributed by atoms with van der Waals surface area (Å²) in [6.45, 7) is 6.13. The summed E-state index contributed by atoms with van der Waals surface area (Å²) in [6.07, 6.45) is 0. The molecule has 4 N–H and O–H groups in total. The van der Waals surface area contributed by atoms with Crippen LogP contribution in [0.4, 0.5) is 5.69 Å². The predicted molar refractivity (Wildman–Crippen MR) is 98.9 cm³/mol. The Balaban J connectivity index is 0.00000400. The maximum Gasteiger partial charge on any atom is 0.211 e. The number of sulfonamides is 1. The van der Waals surface area contributed by atoms with E-state index < -0.39 is 10.0 Å². The predicted octanol–water partition coefficient (Wildman–Crippen LogP) is 1.59. The summed E-state index contributed by atoms with van der Waals surface area (Å²) in [4.78, 5) is 4.07. The number of aryl methyl sites for hydroxylation is 2. The molecule has 0 aliphatic rings. The molecule has 0 saturated carbocycles. The van der Waals surface area contributed by atoms with Crippen LogP contribution < -0.4 is 15.8 Å². The highest BCUT2D eigenvalue weighted by atomic mass is 127. The largest absolute Gasteiger partial charge is 0.370 e. The zero-order valence-electron chi connectivity index (χ0n) is 12.5. The second-order valence-corrected chi connectivity index (χ2v) is 6.66. The highest BCUT2D eigenvalue weighted by molar-refractivity contribution is 14.0. The fourth-order valence-electron chi connectivity index (χ4n) is 1.71. The molecule has 1 rings (SSSR count). The van der Waals surface area contributed by atoms with E-state index in [0.29, 0.717) is 6.54 Å². The Morgan fingerprint density at radius 1 is 1.24 bits per heavy atom. The van der Waals surface area contributed by atoms with Crippen LogP contribution in [0.2, 0.25) is 0 Å². The van der Waals surface area contributed by atoms with E-state index in [1.165, 1.54) is 0 Å². The van der Waals surface area contributed by atoms with Crippen molar-refractivity contribution in [2.24, 2.45) is 10.7 Å². The lowest BCUT2D eigenvalue weighted by atomic mass is 10.1. The third kappa shape index (κ3) is 8.22. The quantitative estimate of drug-likeness (QED) is 0.279. The van der Waals surface area contributed by atoms with Gasteiger partial charge in [-0.2, -0.15) is 0 Å². The number of hydrogen-bond acceptors (Lipinski definition) is 3. The molecule has 0 spiro atoms. The zero-order chi connectivity index (χ0) is 15.2. The van der Waals surface area contributed by atoms with Crippen LogP contribution in [-0.2, 0) is 10.0 Å². The van der Waals surface area contributed by atoms with Gasteiger partial charge in [-0.1, -0.05) is 6.07 Å². The molecule has 120 valence electrons. The van der Waals surface area contributed by atoms with Crippen LogP contribution in [0.25, 0.3) is 0 Å². The number of nitrogens with two attached hydrogens (primary N) is 1. The lowest BCUT2D eigenvalue weighted by Gasteiger charge is -2.08. The van der Waals surface area contributed by atoms with Gasteiger partial charge in [0.2, 0.25) is 10.0 Å². The molecule has 0 saturated heterocycles. The van der Waals surface area contributed by atoms with Crippen molar-refractivity contribution in [3.63, 3.8) is 0 Å². The number of benzene rings is 1. The molecule has 0 atom stereocenters. The van der Waals surface area contributed by atoms with Crippen LogP contribution in [0.1, 0.15) is 18.1 Å². The van der Waals surface area contributed by atoms with Crippen LogP contribution in [0, 0.1) is 13.8 Å². The fourth-order valence-corrected chi connectivity index (χ4v) is 2.32. The summed E-state index contributed by atoms with van der Waals surface area (Å²) in [5, 5.41) is 2.99. The van der Waals surface area contributed by atoms with E-state index >= 15 is 0 Å². The van der Waals surface area contributed by atoms with Crippen molar-refractivity contribution in [2.75, 3.05) is 24.2 Å². The van der Waals surface area contributed by atoms with Crippen LogP contribution in [0.3, 0.4) is 0 Å². The molecular weight excluding hydrogens is 403 g/mol. The van der Waals surface area contributed by atoms with Gasteiger partial charge in [0, 0.05) is 12.2 Å². The van der Waals surface area contributed by atoms with Crippen molar-refractivity contribution in [2.45, 2.75) is 20.8 Å². The molecule has 0 aliphatic heterocycles. The molecule has 8 heteroatoms. The van der Waals surface area contributed by atoms with Gasteiger partial charge in [0.15, 0.2) is 5.96 Å². The lowest BCUT2D eigenvalue weighted by molar-refractivity contribution is 0.583. The van der Waals surface area contributed by atoms with Gasteiger partial charge in [0.25, 0.3) is 0 Å². The summed E-state index contributed by atoms with van der Waals surface area (Å²) in [5.41, 5.74) is 8.89. The zero-order valence-corrected chi connectivity index (χ0v) is 15.7. The highest BCUT2D eigenvalue weighted by Crippen LogP contribution is 2.13.